The zero-order valence-corrected chi connectivity index (χ0v) is 13.4. The van der Waals surface area contributed by atoms with E-state index in [0.717, 1.165) is 31.5 Å². The van der Waals surface area contributed by atoms with Gasteiger partial charge in [-0.1, -0.05) is 0 Å². The third kappa shape index (κ3) is 3.48. The summed E-state index contributed by atoms with van der Waals surface area (Å²) in [4.78, 5) is 2.19. The van der Waals surface area contributed by atoms with Crippen LogP contribution in [0.4, 0.5) is 0 Å². The number of sulfonamides is 1. The van der Waals surface area contributed by atoms with Crippen LogP contribution in [0.2, 0.25) is 0 Å². The van der Waals surface area contributed by atoms with Crippen LogP contribution in [0.1, 0.15) is 24.3 Å². The molecule has 7 heteroatoms. The molecule has 21 heavy (non-hydrogen) atoms. The molecule has 0 spiro atoms. The zero-order valence-electron chi connectivity index (χ0n) is 12.6. The van der Waals surface area contributed by atoms with E-state index in [0.29, 0.717) is 5.92 Å². The van der Waals surface area contributed by atoms with Crippen molar-refractivity contribution in [3.8, 4) is 11.5 Å². The van der Waals surface area contributed by atoms with Crippen LogP contribution in [0.3, 0.4) is 0 Å². The molecule has 1 aliphatic heterocycles. The van der Waals surface area contributed by atoms with Gasteiger partial charge in [0, 0.05) is 0 Å². The van der Waals surface area contributed by atoms with E-state index in [2.05, 4.69) is 11.9 Å². The van der Waals surface area contributed by atoms with Crippen molar-refractivity contribution in [2.24, 2.45) is 5.14 Å². The van der Waals surface area contributed by atoms with E-state index in [9.17, 15) is 8.42 Å². The second-order valence-corrected chi connectivity index (χ2v) is 6.88. The third-order valence-corrected chi connectivity index (χ3v) is 4.93. The third-order valence-electron chi connectivity index (χ3n) is 3.96. The molecule has 2 N–H and O–H groups in total. The van der Waals surface area contributed by atoms with E-state index in [-0.39, 0.29) is 16.4 Å². The summed E-state index contributed by atoms with van der Waals surface area (Å²) in [6.07, 6.45) is 2.05. The number of hydrogen-bond acceptors (Lipinski definition) is 5. The lowest BCUT2D eigenvalue weighted by atomic mass is 9.89. The lowest BCUT2D eigenvalue weighted by molar-refractivity contribution is 0.254. The maximum absolute atomic E-state index is 11.7. The summed E-state index contributed by atoms with van der Waals surface area (Å²) in [7, 11) is 1.06. The number of primary sulfonamides is 1. The van der Waals surface area contributed by atoms with Gasteiger partial charge in [-0.25, -0.2) is 13.6 Å². The molecule has 1 aromatic carbocycles. The first-order valence-corrected chi connectivity index (χ1v) is 8.38. The van der Waals surface area contributed by atoms with Gasteiger partial charge >= 0.3 is 0 Å². The molecule has 0 bridgehead atoms. The predicted molar refractivity (Wildman–Crippen MR) is 80.4 cm³/mol. The van der Waals surface area contributed by atoms with Gasteiger partial charge in [-0.05, 0) is 56.6 Å². The molecule has 1 fully saturated rings. The SMILES string of the molecule is COc1cc(C2CCN(C)CC2)cc(OC)c1S(N)(=O)=O. The van der Waals surface area contributed by atoms with E-state index in [1.54, 1.807) is 12.1 Å². The van der Waals surface area contributed by atoms with Crippen LogP contribution < -0.4 is 14.6 Å². The average Bonchev–Trinajstić information content (AvgIpc) is 2.45. The fraction of sp³-hybridized carbons (Fsp3) is 0.571. The number of nitrogens with two attached hydrogens (primary N) is 1. The number of methoxy groups -OCH3 is 2. The second kappa shape index (κ2) is 6.21. The van der Waals surface area contributed by atoms with E-state index in [1.165, 1.54) is 14.2 Å². The Balaban J connectivity index is 2.46. The summed E-state index contributed by atoms with van der Waals surface area (Å²) >= 11 is 0. The summed E-state index contributed by atoms with van der Waals surface area (Å²) in [5, 5.41) is 5.26. The highest BCUT2D eigenvalue weighted by Gasteiger charge is 2.26. The Morgan fingerprint density at radius 2 is 1.62 bits per heavy atom. The number of benzene rings is 1. The summed E-state index contributed by atoms with van der Waals surface area (Å²) < 4.78 is 33.9. The quantitative estimate of drug-likeness (QED) is 0.902. The van der Waals surface area contributed by atoms with E-state index in [1.807, 2.05) is 0 Å². The Labute approximate surface area is 125 Å². The molecule has 2 rings (SSSR count). The molecular formula is C14H22N2O4S. The van der Waals surface area contributed by atoms with Crippen LogP contribution in [0.15, 0.2) is 17.0 Å². The first kappa shape index (κ1) is 16.1. The van der Waals surface area contributed by atoms with Gasteiger partial charge < -0.3 is 14.4 Å². The summed E-state index contributed by atoms with van der Waals surface area (Å²) in [6.45, 7) is 2.04. The number of ether oxygens (including phenoxy) is 2. The van der Waals surface area contributed by atoms with Crippen molar-refractivity contribution in [1.82, 2.24) is 4.90 Å². The van der Waals surface area contributed by atoms with Gasteiger partial charge in [0.15, 0.2) is 4.90 Å². The molecule has 118 valence electrons. The van der Waals surface area contributed by atoms with Crippen LogP contribution in [0, 0.1) is 0 Å². The van der Waals surface area contributed by atoms with Crippen molar-refractivity contribution < 1.29 is 17.9 Å². The Morgan fingerprint density at radius 1 is 1.14 bits per heavy atom. The number of piperidine rings is 1. The monoisotopic (exact) mass is 314 g/mol. The average molecular weight is 314 g/mol. The second-order valence-electron chi connectivity index (χ2n) is 5.38. The molecule has 0 aliphatic carbocycles. The van der Waals surface area contributed by atoms with E-state index in [4.69, 9.17) is 14.6 Å². The van der Waals surface area contributed by atoms with Gasteiger partial charge in [0.2, 0.25) is 10.0 Å². The normalized spacial score (nSPS) is 17.7. The standard InChI is InChI=1S/C14H22N2O4S/c1-16-6-4-10(5-7-16)11-8-12(19-2)14(21(15,17)18)13(9-11)20-3/h8-10H,4-7H2,1-3H3,(H2,15,17,18). The van der Waals surface area contributed by atoms with Gasteiger partial charge in [0.25, 0.3) is 0 Å². The molecule has 1 heterocycles. The zero-order chi connectivity index (χ0) is 15.6. The Bertz CT molecular complexity index is 582. The highest BCUT2D eigenvalue weighted by Crippen LogP contribution is 2.38. The highest BCUT2D eigenvalue weighted by molar-refractivity contribution is 7.89. The molecule has 1 aromatic rings. The van der Waals surface area contributed by atoms with Crippen molar-refractivity contribution in [3.05, 3.63) is 17.7 Å². The molecule has 0 atom stereocenters. The predicted octanol–water partition coefficient (Wildman–Crippen LogP) is 1.16. The van der Waals surface area contributed by atoms with Crippen LogP contribution in [-0.4, -0.2) is 47.7 Å². The number of nitrogens with zero attached hydrogens (tertiary/aromatic N) is 1. The van der Waals surface area contributed by atoms with Crippen LogP contribution in [0.25, 0.3) is 0 Å². The molecule has 0 radical (unpaired) electrons. The molecule has 0 aromatic heterocycles. The number of likely N-dealkylation sites (tertiary alicyclic amines) is 1. The minimum Gasteiger partial charge on any atom is -0.495 e. The van der Waals surface area contributed by atoms with Crippen LogP contribution >= 0.6 is 0 Å². The Hall–Kier alpha value is -1.31. The van der Waals surface area contributed by atoms with Crippen molar-refractivity contribution in [2.75, 3.05) is 34.4 Å². The van der Waals surface area contributed by atoms with Crippen molar-refractivity contribution >= 4 is 10.0 Å². The lowest BCUT2D eigenvalue weighted by Crippen LogP contribution is -2.29. The van der Waals surface area contributed by atoms with Gasteiger partial charge in [-0.2, -0.15) is 0 Å². The van der Waals surface area contributed by atoms with Crippen molar-refractivity contribution in [1.29, 1.82) is 0 Å². The minimum atomic E-state index is -3.90. The maximum atomic E-state index is 11.7. The fourth-order valence-corrected chi connectivity index (χ4v) is 3.60. The minimum absolute atomic E-state index is 0.0934. The van der Waals surface area contributed by atoms with Crippen molar-refractivity contribution in [2.45, 2.75) is 23.7 Å². The van der Waals surface area contributed by atoms with Crippen molar-refractivity contribution in [3.63, 3.8) is 0 Å². The largest absolute Gasteiger partial charge is 0.495 e. The number of rotatable bonds is 4. The molecule has 0 amide bonds. The molecule has 1 saturated heterocycles. The van der Waals surface area contributed by atoms with E-state index < -0.39 is 10.0 Å². The highest BCUT2D eigenvalue weighted by atomic mass is 32.2. The summed E-state index contributed by atoms with van der Waals surface area (Å²) in [6, 6.07) is 3.52. The van der Waals surface area contributed by atoms with Crippen LogP contribution in [-0.2, 0) is 10.0 Å². The van der Waals surface area contributed by atoms with Gasteiger partial charge in [0.05, 0.1) is 14.2 Å². The van der Waals surface area contributed by atoms with Gasteiger partial charge in [-0.15, -0.1) is 0 Å². The van der Waals surface area contributed by atoms with Gasteiger partial charge in [-0.3, -0.25) is 0 Å². The fourth-order valence-electron chi connectivity index (χ4n) is 2.76. The number of hydrogen-bond donors (Lipinski definition) is 1. The molecule has 0 saturated carbocycles. The molecule has 1 aliphatic rings. The molecule has 0 unspecified atom stereocenters. The molecule has 6 nitrogen and oxygen atoms in total. The smallest absolute Gasteiger partial charge is 0.245 e. The Morgan fingerprint density at radius 3 is 2.00 bits per heavy atom. The summed E-state index contributed by atoms with van der Waals surface area (Å²) in [5.74, 6) is 0.857. The topological polar surface area (TPSA) is 81.9 Å². The summed E-state index contributed by atoms with van der Waals surface area (Å²) in [5.41, 5.74) is 1.03. The molecular weight excluding hydrogens is 292 g/mol. The lowest BCUT2D eigenvalue weighted by Gasteiger charge is -2.29. The van der Waals surface area contributed by atoms with Gasteiger partial charge in [0.1, 0.15) is 11.5 Å². The first-order chi connectivity index (χ1) is 9.86. The first-order valence-electron chi connectivity index (χ1n) is 6.84. The van der Waals surface area contributed by atoms with Crippen LogP contribution in [0.5, 0.6) is 11.5 Å². The van der Waals surface area contributed by atoms with E-state index >= 15 is 0 Å². The maximum Gasteiger partial charge on any atom is 0.245 e. The Kier molecular flexibility index (Phi) is 4.75.